The zero-order valence-corrected chi connectivity index (χ0v) is 11.3. The molecule has 0 saturated carbocycles. The maximum absolute atomic E-state index is 10.6. The molecule has 0 bridgehead atoms. The second-order valence-electron chi connectivity index (χ2n) is 4.88. The summed E-state index contributed by atoms with van der Waals surface area (Å²) in [6, 6.07) is 16.5. The van der Waals surface area contributed by atoms with Crippen molar-refractivity contribution in [3.05, 3.63) is 75.8 Å². The van der Waals surface area contributed by atoms with E-state index >= 15 is 0 Å². The number of hydrogen-bond donors (Lipinski definition) is 0. The Morgan fingerprint density at radius 3 is 2.48 bits per heavy atom. The van der Waals surface area contributed by atoms with E-state index in [1.165, 1.54) is 17.7 Å². The van der Waals surface area contributed by atoms with E-state index in [4.69, 9.17) is 9.47 Å². The molecule has 1 heterocycles. The van der Waals surface area contributed by atoms with Crippen LogP contribution in [0.2, 0.25) is 0 Å². The summed E-state index contributed by atoms with van der Waals surface area (Å²) in [6.45, 7) is 0.595. The van der Waals surface area contributed by atoms with Crippen molar-refractivity contribution in [3.63, 3.8) is 0 Å². The molecule has 1 saturated heterocycles. The third-order valence-corrected chi connectivity index (χ3v) is 3.40. The zero-order chi connectivity index (χ0) is 14.7. The molecule has 2 aromatic rings. The molecule has 108 valence electrons. The highest BCUT2D eigenvalue weighted by Gasteiger charge is 2.41. The van der Waals surface area contributed by atoms with Gasteiger partial charge in [0.25, 0.3) is 5.69 Å². The molecule has 2 atom stereocenters. The van der Waals surface area contributed by atoms with E-state index in [9.17, 15) is 10.1 Å². The van der Waals surface area contributed by atoms with Crippen LogP contribution in [-0.4, -0.2) is 17.8 Å². The lowest BCUT2D eigenvalue weighted by Crippen LogP contribution is -2.02. The number of benzene rings is 2. The summed E-state index contributed by atoms with van der Waals surface area (Å²) in [7, 11) is 0. The summed E-state index contributed by atoms with van der Waals surface area (Å²) in [5.41, 5.74) is 2.22. The Balaban J connectivity index is 1.47. The lowest BCUT2D eigenvalue weighted by atomic mass is 10.1. The minimum atomic E-state index is -0.411. The van der Waals surface area contributed by atoms with Gasteiger partial charge in [0, 0.05) is 12.1 Å². The van der Waals surface area contributed by atoms with Gasteiger partial charge < -0.3 is 9.47 Å². The van der Waals surface area contributed by atoms with Crippen LogP contribution in [0, 0.1) is 10.1 Å². The highest BCUT2D eigenvalue weighted by atomic mass is 16.8. The molecule has 2 aromatic carbocycles. The van der Waals surface area contributed by atoms with E-state index in [-0.39, 0.29) is 18.1 Å². The van der Waals surface area contributed by atoms with Gasteiger partial charge in [0.05, 0.1) is 11.5 Å². The van der Waals surface area contributed by atoms with Gasteiger partial charge in [-0.2, -0.15) is 0 Å². The van der Waals surface area contributed by atoms with Crippen molar-refractivity contribution < 1.29 is 14.4 Å². The third kappa shape index (κ3) is 3.45. The van der Waals surface area contributed by atoms with Crippen molar-refractivity contribution in [2.24, 2.45) is 0 Å². The molecular weight excluding hydrogens is 270 g/mol. The summed E-state index contributed by atoms with van der Waals surface area (Å²) < 4.78 is 11.1. The Bertz CT molecular complexity index is 612. The van der Waals surface area contributed by atoms with Gasteiger partial charge in [0.1, 0.15) is 6.10 Å². The van der Waals surface area contributed by atoms with Crippen LogP contribution in [0.15, 0.2) is 54.6 Å². The molecular formula is C16H15NO4. The second kappa shape index (κ2) is 6.03. The first-order valence-corrected chi connectivity index (χ1v) is 6.79. The Morgan fingerprint density at radius 1 is 1.10 bits per heavy atom. The summed E-state index contributed by atoms with van der Waals surface area (Å²) in [5.74, 6) is 0. The van der Waals surface area contributed by atoms with E-state index < -0.39 is 4.92 Å². The quantitative estimate of drug-likeness (QED) is 0.464. The molecule has 1 aliphatic heterocycles. The number of epoxide rings is 1. The van der Waals surface area contributed by atoms with Crippen LogP contribution in [0.4, 0.5) is 5.69 Å². The van der Waals surface area contributed by atoms with Gasteiger partial charge in [-0.15, -0.1) is 0 Å². The number of ether oxygens (including phenoxy) is 2. The van der Waals surface area contributed by atoms with Gasteiger partial charge in [-0.25, -0.2) is 0 Å². The Labute approximate surface area is 122 Å². The van der Waals surface area contributed by atoms with Crippen LogP contribution >= 0.6 is 0 Å². The monoisotopic (exact) mass is 285 g/mol. The van der Waals surface area contributed by atoms with Gasteiger partial charge in [-0.05, 0) is 29.7 Å². The van der Waals surface area contributed by atoms with Crippen molar-refractivity contribution in [1.29, 1.82) is 0 Å². The standard InChI is InChI=1S/C16H15NO4/c18-17(19)14-8-6-13(7-9-14)15-16(21-15)20-11-10-12-4-2-1-3-5-12/h1-9,15-16H,10-11H2. The number of nitrogens with zero attached hydrogens (tertiary/aromatic N) is 1. The molecule has 0 radical (unpaired) electrons. The van der Waals surface area contributed by atoms with E-state index in [1.807, 2.05) is 18.2 Å². The second-order valence-corrected chi connectivity index (χ2v) is 4.88. The van der Waals surface area contributed by atoms with E-state index in [0.29, 0.717) is 6.61 Å². The summed E-state index contributed by atoms with van der Waals surface area (Å²) in [5, 5.41) is 10.6. The van der Waals surface area contributed by atoms with Crippen molar-refractivity contribution in [3.8, 4) is 0 Å². The normalized spacial score (nSPS) is 20.2. The smallest absolute Gasteiger partial charge is 0.269 e. The summed E-state index contributed by atoms with van der Waals surface area (Å²) in [6.07, 6.45) is 0.491. The Hall–Kier alpha value is -2.24. The molecule has 0 N–H and O–H groups in total. The SMILES string of the molecule is O=[N+]([O-])c1ccc(C2OC2OCCc2ccccc2)cc1. The first-order valence-electron chi connectivity index (χ1n) is 6.79. The fourth-order valence-electron chi connectivity index (χ4n) is 2.18. The van der Waals surface area contributed by atoms with Crippen molar-refractivity contribution in [1.82, 2.24) is 0 Å². The lowest BCUT2D eigenvalue weighted by Gasteiger charge is -2.01. The van der Waals surface area contributed by atoms with Crippen molar-refractivity contribution in [2.45, 2.75) is 18.8 Å². The van der Waals surface area contributed by atoms with Crippen LogP contribution in [0.3, 0.4) is 0 Å². The Morgan fingerprint density at radius 2 is 1.81 bits per heavy atom. The molecule has 1 fully saturated rings. The molecule has 2 unspecified atom stereocenters. The molecule has 0 amide bonds. The fraction of sp³-hybridized carbons (Fsp3) is 0.250. The van der Waals surface area contributed by atoms with Crippen molar-refractivity contribution in [2.75, 3.05) is 6.61 Å². The number of non-ortho nitro benzene ring substituents is 1. The van der Waals surface area contributed by atoms with Crippen LogP contribution in [-0.2, 0) is 15.9 Å². The van der Waals surface area contributed by atoms with Gasteiger partial charge in [0.15, 0.2) is 6.29 Å². The Kier molecular flexibility index (Phi) is 3.94. The van der Waals surface area contributed by atoms with Gasteiger partial charge in [-0.1, -0.05) is 30.3 Å². The number of rotatable bonds is 6. The molecule has 0 spiro atoms. The van der Waals surface area contributed by atoms with E-state index in [2.05, 4.69) is 12.1 Å². The fourth-order valence-corrected chi connectivity index (χ4v) is 2.18. The average Bonchev–Trinajstić information content (AvgIpc) is 3.28. The maximum Gasteiger partial charge on any atom is 0.269 e. The summed E-state index contributed by atoms with van der Waals surface area (Å²) >= 11 is 0. The molecule has 3 rings (SSSR count). The molecule has 5 heteroatoms. The largest absolute Gasteiger partial charge is 0.349 e. The number of nitro benzene ring substituents is 1. The molecule has 5 nitrogen and oxygen atoms in total. The van der Waals surface area contributed by atoms with Gasteiger partial charge in [-0.3, -0.25) is 10.1 Å². The first kappa shape index (κ1) is 13.7. The van der Waals surface area contributed by atoms with Gasteiger partial charge >= 0.3 is 0 Å². The van der Waals surface area contributed by atoms with E-state index in [0.717, 1.165) is 12.0 Å². The molecule has 1 aliphatic rings. The van der Waals surface area contributed by atoms with Crippen LogP contribution < -0.4 is 0 Å². The van der Waals surface area contributed by atoms with Gasteiger partial charge in [0.2, 0.25) is 0 Å². The molecule has 0 aliphatic carbocycles. The number of hydrogen-bond acceptors (Lipinski definition) is 4. The highest BCUT2D eigenvalue weighted by Crippen LogP contribution is 2.39. The van der Waals surface area contributed by atoms with Crippen molar-refractivity contribution >= 4 is 5.69 Å². The topological polar surface area (TPSA) is 64.9 Å². The molecule has 21 heavy (non-hydrogen) atoms. The first-order chi connectivity index (χ1) is 10.2. The third-order valence-electron chi connectivity index (χ3n) is 3.40. The molecule has 0 aromatic heterocycles. The summed E-state index contributed by atoms with van der Waals surface area (Å²) in [4.78, 5) is 10.2. The minimum absolute atomic E-state index is 0.0842. The predicted molar refractivity (Wildman–Crippen MR) is 76.8 cm³/mol. The average molecular weight is 285 g/mol. The zero-order valence-electron chi connectivity index (χ0n) is 11.3. The predicted octanol–water partition coefficient (Wildman–Crippen LogP) is 3.25. The highest BCUT2D eigenvalue weighted by molar-refractivity contribution is 5.35. The van der Waals surface area contributed by atoms with Crippen LogP contribution in [0.5, 0.6) is 0 Å². The van der Waals surface area contributed by atoms with Crippen LogP contribution in [0.1, 0.15) is 17.2 Å². The lowest BCUT2D eigenvalue weighted by molar-refractivity contribution is -0.384. The minimum Gasteiger partial charge on any atom is -0.349 e. The van der Waals surface area contributed by atoms with E-state index in [1.54, 1.807) is 12.1 Å². The number of nitro groups is 1. The van der Waals surface area contributed by atoms with Crippen LogP contribution in [0.25, 0.3) is 0 Å². The maximum atomic E-state index is 10.6.